The van der Waals surface area contributed by atoms with E-state index in [-0.39, 0.29) is 18.2 Å². The molecule has 22 heavy (non-hydrogen) atoms. The van der Waals surface area contributed by atoms with E-state index in [0.717, 1.165) is 17.7 Å². The van der Waals surface area contributed by atoms with Gasteiger partial charge < -0.3 is 15.2 Å². The summed E-state index contributed by atoms with van der Waals surface area (Å²) in [4.78, 5) is 13.2. The van der Waals surface area contributed by atoms with E-state index in [1.807, 2.05) is 24.3 Å². The molecule has 0 aliphatic carbocycles. The summed E-state index contributed by atoms with van der Waals surface area (Å²) < 4.78 is 4.94. The third-order valence-electron chi connectivity index (χ3n) is 3.87. The van der Waals surface area contributed by atoms with Crippen LogP contribution >= 0.6 is 0 Å². The summed E-state index contributed by atoms with van der Waals surface area (Å²) in [7, 11) is 0. The van der Waals surface area contributed by atoms with Gasteiger partial charge in [0.1, 0.15) is 6.61 Å². The van der Waals surface area contributed by atoms with Crippen LogP contribution in [-0.4, -0.2) is 37.0 Å². The normalized spacial score (nSPS) is 17.7. The predicted molar refractivity (Wildman–Crippen MR) is 87.0 cm³/mol. The maximum atomic E-state index is 11.5. The summed E-state index contributed by atoms with van der Waals surface area (Å²) in [5.41, 5.74) is 1.99. The molecule has 0 saturated carbocycles. The van der Waals surface area contributed by atoms with E-state index in [0.29, 0.717) is 25.6 Å². The lowest BCUT2D eigenvalue weighted by Crippen LogP contribution is -2.30. The molecule has 122 valence electrons. The number of nitrogens with zero attached hydrogens (tertiary/aromatic N) is 1. The van der Waals surface area contributed by atoms with Crippen molar-refractivity contribution in [1.29, 1.82) is 0 Å². The Morgan fingerprint density at radius 2 is 1.95 bits per heavy atom. The number of rotatable bonds is 7. The Bertz CT molecular complexity index is 487. The van der Waals surface area contributed by atoms with Crippen LogP contribution in [0.1, 0.15) is 38.8 Å². The largest absolute Gasteiger partial charge is 0.447 e. The van der Waals surface area contributed by atoms with Crippen molar-refractivity contribution in [2.45, 2.75) is 39.3 Å². The number of carbonyl (C=O) groups is 1. The van der Waals surface area contributed by atoms with Gasteiger partial charge in [0.15, 0.2) is 0 Å². The van der Waals surface area contributed by atoms with E-state index in [1.54, 1.807) is 4.90 Å². The van der Waals surface area contributed by atoms with Crippen molar-refractivity contribution >= 4 is 11.8 Å². The molecule has 1 saturated heterocycles. The van der Waals surface area contributed by atoms with Gasteiger partial charge in [0.25, 0.3) is 0 Å². The first kappa shape index (κ1) is 16.8. The molecular weight excluding hydrogens is 280 g/mol. The van der Waals surface area contributed by atoms with Gasteiger partial charge in [-0.2, -0.15) is 0 Å². The van der Waals surface area contributed by atoms with Gasteiger partial charge in [0, 0.05) is 18.3 Å². The van der Waals surface area contributed by atoms with Crippen molar-refractivity contribution in [3.8, 4) is 0 Å². The Kier molecular flexibility index (Phi) is 5.80. The van der Waals surface area contributed by atoms with Crippen molar-refractivity contribution < 1.29 is 14.6 Å². The van der Waals surface area contributed by atoms with Crippen LogP contribution in [0.25, 0.3) is 0 Å². The second kappa shape index (κ2) is 7.61. The highest BCUT2D eigenvalue weighted by Gasteiger charge is 2.23. The van der Waals surface area contributed by atoms with E-state index in [2.05, 4.69) is 26.1 Å². The maximum absolute atomic E-state index is 11.5. The molecule has 5 nitrogen and oxygen atoms in total. The van der Waals surface area contributed by atoms with Crippen LogP contribution in [0, 0.1) is 5.92 Å². The van der Waals surface area contributed by atoms with Gasteiger partial charge in [-0.15, -0.1) is 0 Å². The van der Waals surface area contributed by atoms with E-state index in [4.69, 9.17) is 4.74 Å². The lowest BCUT2D eigenvalue weighted by Gasteiger charge is -2.19. The summed E-state index contributed by atoms with van der Waals surface area (Å²) in [6.45, 7) is 7.92. The monoisotopic (exact) mass is 306 g/mol. The third-order valence-corrected chi connectivity index (χ3v) is 3.87. The highest BCUT2D eigenvalue weighted by atomic mass is 16.6. The number of anilines is 1. The fourth-order valence-electron chi connectivity index (χ4n) is 2.63. The number of aliphatic hydroxyl groups excluding tert-OH is 1. The molecule has 1 amide bonds. The molecule has 5 heteroatoms. The Morgan fingerprint density at radius 3 is 2.50 bits per heavy atom. The number of ether oxygens (including phenoxy) is 1. The maximum Gasteiger partial charge on any atom is 0.414 e. The van der Waals surface area contributed by atoms with Crippen molar-refractivity contribution in [2.24, 2.45) is 5.92 Å². The summed E-state index contributed by atoms with van der Waals surface area (Å²) >= 11 is 0. The van der Waals surface area contributed by atoms with Gasteiger partial charge in [-0.05, 0) is 37.0 Å². The van der Waals surface area contributed by atoms with E-state index in [1.165, 1.54) is 0 Å². The van der Waals surface area contributed by atoms with Gasteiger partial charge in [0.05, 0.1) is 12.6 Å². The molecule has 0 aromatic heterocycles. The molecule has 1 heterocycles. The molecule has 2 unspecified atom stereocenters. The molecule has 1 aromatic carbocycles. The van der Waals surface area contributed by atoms with Crippen LogP contribution in [0.15, 0.2) is 24.3 Å². The molecule has 0 spiro atoms. The zero-order chi connectivity index (χ0) is 16.1. The first-order valence-corrected chi connectivity index (χ1v) is 7.93. The Balaban J connectivity index is 1.88. The van der Waals surface area contributed by atoms with Crippen molar-refractivity contribution in [2.75, 3.05) is 24.6 Å². The minimum Gasteiger partial charge on any atom is -0.447 e. The van der Waals surface area contributed by atoms with Crippen molar-refractivity contribution in [3.05, 3.63) is 29.8 Å². The quantitative estimate of drug-likeness (QED) is 0.813. The molecule has 2 atom stereocenters. The second-order valence-electron chi connectivity index (χ2n) is 6.27. The van der Waals surface area contributed by atoms with Crippen LogP contribution < -0.4 is 10.2 Å². The zero-order valence-corrected chi connectivity index (χ0v) is 13.6. The molecule has 2 rings (SSSR count). The van der Waals surface area contributed by atoms with Crippen molar-refractivity contribution in [3.63, 3.8) is 0 Å². The highest BCUT2D eigenvalue weighted by Crippen LogP contribution is 2.21. The SMILES string of the molecule is CC(C)CC(O)CNC(C)c1ccc(N2CCOC2=O)cc1. The van der Waals surface area contributed by atoms with E-state index < -0.39 is 0 Å². The number of nitrogens with one attached hydrogen (secondary N) is 1. The Labute approximate surface area is 132 Å². The topological polar surface area (TPSA) is 61.8 Å². The fourth-order valence-corrected chi connectivity index (χ4v) is 2.63. The minimum absolute atomic E-state index is 0.154. The Morgan fingerprint density at radius 1 is 1.27 bits per heavy atom. The first-order valence-electron chi connectivity index (χ1n) is 7.93. The van der Waals surface area contributed by atoms with E-state index in [9.17, 15) is 9.90 Å². The van der Waals surface area contributed by atoms with Gasteiger partial charge in [-0.3, -0.25) is 4.90 Å². The number of aliphatic hydroxyl groups is 1. The highest BCUT2D eigenvalue weighted by molar-refractivity contribution is 5.89. The predicted octanol–water partition coefficient (Wildman–Crippen LogP) is 2.70. The number of amides is 1. The molecule has 0 radical (unpaired) electrons. The van der Waals surface area contributed by atoms with Gasteiger partial charge in [0.2, 0.25) is 0 Å². The van der Waals surface area contributed by atoms with Crippen LogP contribution in [0.3, 0.4) is 0 Å². The van der Waals surface area contributed by atoms with E-state index >= 15 is 0 Å². The summed E-state index contributed by atoms with van der Waals surface area (Å²) in [6, 6.07) is 8.04. The molecule has 2 N–H and O–H groups in total. The summed E-state index contributed by atoms with van der Waals surface area (Å²) in [5.74, 6) is 0.492. The fraction of sp³-hybridized carbons (Fsp3) is 0.588. The van der Waals surface area contributed by atoms with Gasteiger partial charge >= 0.3 is 6.09 Å². The number of hydrogen-bond acceptors (Lipinski definition) is 4. The third kappa shape index (κ3) is 4.45. The zero-order valence-electron chi connectivity index (χ0n) is 13.6. The number of carbonyl (C=O) groups excluding carboxylic acids is 1. The number of benzene rings is 1. The number of cyclic esters (lactones) is 1. The first-order chi connectivity index (χ1) is 10.5. The summed E-state index contributed by atoms with van der Waals surface area (Å²) in [5, 5.41) is 13.3. The molecular formula is C17H26N2O3. The van der Waals surface area contributed by atoms with Crippen molar-refractivity contribution in [1.82, 2.24) is 5.32 Å². The lowest BCUT2D eigenvalue weighted by molar-refractivity contribution is 0.143. The molecule has 1 aliphatic rings. The lowest BCUT2D eigenvalue weighted by atomic mass is 10.0. The minimum atomic E-state index is -0.318. The molecule has 1 fully saturated rings. The average molecular weight is 306 g/mol. The van der Waals surface area contributed by atoms with Crippen LogP contribution in [0.2, 0.25) is 0 Å². The van der Waals surface area contributed by atoms with Gasteiger partial charge in [-0.1, -0.05) is 26.0 Å². The smallest absolute Gasteiger partial charge is 0.414 e. The molecule has 1 aliphatic heterocycles. The summed E-state index contributed by atoms with van der Waals surface area (Å²) in [6.07, 6.45) is 0.201. The standard InChI is InChI=1S/C17H26N2O3/c1-12(2)10-16(20)11-18-13(3)14-4-6-15(7-5-14)19-8-9-22-17(19)21/h4-7,12-13,16,18,20H,8-11H2,1-3H3. The molecule has 1 aromatic rings. The number of hydrogen-bond donors (Lipinski definition) is 2. The average Bonchev–Trinajstić information content (AvgIpc) is 2.90. The van der Waals surface area contributed by atoms with Crippen LogP contribution in [0.4, 0.5) is 10.5 Å². The Hall–Kier alpha value is -1.59. The second-order valence-corrected chi connectivity index (χ2v) is 6.27. The van der Waals surface area contributed by atoms with Crippen LogP contribution in [0.5, 0.6) is 0 Å². The van der Waals surface area contributed by atoms with Gasteiger partial charge in [-0.25, -0.2) is 4.79 Å². The molecule has 0 bridgehead atoms. The van der Waals surface area contributed by atoms with Crippen LogP contribution in [-0.2, 0) is 4.74 Å².